The molecule has 1 aromatic carbocycles. The molecule has 2 fully saturated rings. The number of nitrogens with zero attached hydrogens (tertiary/aromatic N) is 2. The topological polar surface area (TPSA) is 23.6 Å². The Balaban J connectivity index is 1.48. The fourth-order valence-electron chi connectivity index (χ4n) is 3.82. The molecular weight excluding hydrogens is 291 g/mol. The number of amides is 1. The van der Waals surface area contributed by atoms with Crippen molar-refractivity contribution in [3.8, 4) is 0 Å². The molecule has 1 aliphatic carbocycles. The molecule has 1 saturated carbocycles. The van der Waals surface area contributed by atoms with Crippen molar-refractivity contribution in [1.29, 1.82) is 0 Å². The van der Waals surface area contributed by atoms with Crippen LogP contribution in [-0.4, -0.2) is 41.9 Å². The number of rotatable bonds is 4. The second-order valence-corrected chi connectivity index (χ2v) is 6.99. The molecule has 1 aliphatic heterocycles. The van der Waals surface area contributed by atoms with Gasteiger partial charge in [-0.25, -0.2) is 4.39 Å². The van der Waals surface area contributed by atoms with Crippen molar-refractivity contribution < 1.29 is 9.18 Å². The smallest absolute Gasteiger partial charge is 0.222 e. The van der Waals surface area contributed by atoms with Crippen LogP contribution >= 0.6 is 0 Å². The van der Waals surface area contributed by atoms with E-state index >= 15 is 0 Å². The fraction of sp³-hybridized carbons (Fsp3) is 0.632. The van der Waals surface area contributed by atoms with Crippen LogP contribution in [0.25, 0.3) is 0 Å². The first-order valence-electron chi connectivity index (χ1n) is 8.95. The highest BCUT2D eigenvalue weighted by molar-refractivity contribution is 5.76. The molecule has 0 bridgehead atoms. The predicted molar refractivity (Wildman–Crippen MR) is 89.4 cm³/mol. The van der Waals surface area contributed by atoms with E-state index in [0.29, 0.717) is 11.8 Å². The predicted octanol–water partition coefficient (Wildman–Crippen LogP) is 3.44. The molecule has 1 aromatic rings. The monoisotopic (exact) mass is 318 g/mol. The van der Waals surface area contributed by atoms with Gasteiger partial charge >= 0.3 is 0 Å². The zero-order chi connectivity index (χ0) is 16.1. The van der Waals surface area contributed by atoms with E-state index in [1.165, 1.54) is 37.8 Å². The van der Waals surface area contributed by atoms with Gasteiger partial charge < -0.3 is 4.90 Å². The average Bonchev–Trinajstić information content (AvgIpc) is 2.94. The van der Waals surface area contributed by atoms with Crippen molar-refractivity contribution in [2.24, 2.45) is 5.92 Å². The Bertz CT molecular complexity index is 511. The molecule has 1 saturated heterocycles. The summed E-state index contributed by atoms with van der Waals surface area (Å²) >= 11 is 0. The summed E-state index contributed by atoms with van der Waals surface area (Å²) in [6.45, 7) is 4.46. The minimum Gasteiger partial charge on any atom is -0.341 e. The lowest BCUT2D eigenvalue weighted by atomic mass is 10.0. The van der Waals surface area contributed by atoms with Gasteiger partial charge in [0.05, 0.1) is 0 Å². The maximum absolute atomic E-state index is 13.0. The summed E-state index contributed by atoms with van der Waals surface area (Å²) in [4.78, 5) is 16.9. The van der Waals surface area contributed by atoms with E-state index < -0.39 is 0 Å². The zero-order valence-electron chi connectivity index (χ0n) is 13.8. The fourth-order valence-corrected chi connectivity index (χ4v) is 3.82. The van der Waals surface area contributed by atoms with Crippen molar-refractivity contribution in [1.82, 2.24) is 9.80 Å². The number of benzene rings is 1. The van der Waals surface area contributed by atoms with Gasteiger partial charge in [-0.05, 0) is 42.9 Å². The molecule has 0 unspecified atom stereocenters. The Hall–Kier alpha value is -1.42. The van der Waals surface area contributed by atoms with Gasteiger partial charge in [0.2, 0.25) is 5.91 Å². The lowest BCUT2D eigenvalue weighted by molar-refractivity contribution is -0.132. The molecule has 0 N–H and O–H groups in total. The molecule has 3 nitrogen and oxygen atoms in total. The van der Waals surface area contributed by atoms with Gasteiger partial charge in [-0.15, -0.1) is 0 Å². The Morgan fingerprint density at radius 1 is 1.00 bits per heavy atom. The van der Waals surface area contributed by atoms with Gasteiger partial charge in [0, 0.05) is 39.1 Å². The number of carbonyl (C=O) groups excluding carboxylic acids is 1. The molecule has 1 amide bonds. The summed E-state index contributed by atoms with van der Waals surface area (Å²) in [5, 5.41) is 0. The third-order valence-corrected chi connectivity index (χ3v) is 5.20. The minimum absolute atomic E-state index is 0.187. The van der Waals surface area contributed by atoms with Crippen LogP contribution in [-0.2, 0) is 11.3 Å². The second kappa shape index (κ2) is 7.91. The van der Waals surface area contributed by atoms with E-state index in [9.17, 15) is 9.18 Å². The third-order valence-electron chi connectivity index (χ3n) is 5.20. The Morgan fingerprint density at radius 2 is 1.74 bits per heavy atom. The summed E-state index contributed by atoms with van der Waals surface area (Å²) in [5.41, 5.74) is 1.14. The van der Waals surface area contributed by atoms with Gasteiger partial charge in [-0.1, -0.05) is 25.0 Å². The van der Waals surface area contributed by atoms with Crippen molar-refractivity contribution in [2.75, 3.05) is 26.2 Å². The average molecular weight is 318 g/mol. The Kier molecular flexibility index (Phi) is 5.65. The van der Waals surface area contributed by atoms with Crippen LogP contribution in [0.3, 0.4) is 0 Å². The summed E-state index contributed by atoms with van der Waals surface area (Å²) in [7, 11) is 0. The first-order chi connectivity index (χ1) is 11.2. The van der Waals surface area contributed by atoms with Gasteiger partial charge in [-0.3, -0.25) is 9.69 Å². The van der Waals surface area contributed by atoms with E-state index in [1.54, 1.807) is 0 Å². The molecule has 2 aliphatic rings. The highest BCUT2D eigenvalue weighted by atomic mass is 19.1. The molecule has 4 heteroatoms. The van der Waals surface area contributed by atoms with Gasteiger partial charge in [0.1, 0.15) is 5.82 Å². The standard InChI is InChI=1S/C19H27FN2O/c20-18-8-6-17(7-9-18)15-21-10-3-11-22(13-12-21)19(23)14-16-4-1-2-5-16/h6-9,16H,1-5,10-15H2. The van der Waals surface area contributed by atoms with E-state index in [4.69, 9.17) is 0 Å². The Morgan fingerprint density at radius 3 is 2.48 bits per heavy atom. The molecule has 1 heterocycles. The van der Waals surface area contributed by atoms with E-state index in [2.05, 4.69) is 9.80 Å². The maximum atomic E-state index is 13.0. The first kappa shape index (κ1) is 16.4. The van der Waals surface area contributed by atoms with E-state index in [0.717, 1.165) is 51.1 Å². The number of hydrogen-bond donors (Lipinski definition) is 0. The highest BCUT2D eigenvalue weighted by Crippen LogP contribution is 2.28. The van der Waals surface area contributed by atoms with Gasteiger partial charge in [-0.2, -0.15) is 0 Å². The second-order valence-electron chi connectivity index (χ2n) is 6.99. The molecule has 0 radical (unpaired) electrons. The lowest BCUT2D eigenvalue weighted by Gasteiger charge is -2.23. The normalized spacial score (nSPS) is 20.7. The quantitative estimate of drug-likeness (QED) is 0.849. The zero-order valence-corrected chi connectivity index (χ0v) is 13.8. The van der Waals surface area contributed by atoms with Gasteiger partial charge in [0.25, 0.3) is 0 Å². The summed E-state index contributed by atoms with van der Waals surface area (Å²) in [6.07, 6.45) is 6.83. The van der Waals surface area contributed by atoms with Crippen molar-refractivity contribution in [3.63, 3.8) is 0 Å². The number of halogens is 1. The van der Waals surface area contributed by atoms with Crippen molar-refractivity contribution in [3.05, 3.63) is 35.6 Å². The lowest BCUT2D eigenvalue weighted by Crippen LogP contribution is -2.35. The summed E-state index contributed by atoms with van der Waals surface area (Å²) in [5.74, 6) is 0.787. The SMILES string of the molecule is O=C(CC1CCCC1)N1CCCN(Cc2ccc(F)cc2)CC1. The van der Waals surface area contributed by atoms with E-state index in [1.807, 2.05) is 12.1 Å². The molecule has 0 aromatic heterocycles. The van der Waals surface area contributed by atoms with Crippen LogP contribution in [0.5, 0.6) is 0 Å². The third kappa shape index (κ3) is 4.77. The molecule has 0 spiro atoms. The van der Waals surface area contributed by atoms with Crippen molar-refractivity contribution >= 4 is 5.91 Å². The number of hydrogen-bond acceptors (Lipinski definition) is 2. The Labute approximate surface area is 138 Å². The van der Waals surface area contributed by atoms with Crippen LogP contribution in [0.15, 0.2) is 24.3 Å². The molecule has 0 atom stereocenters. The molecular formula is C19H27FN2O. The molecule has 126 valence electrons. The van der Waals surface area contributed by atoms with Crippen LogP contribution in [0.4, 0.5) is 4.39 Å². The maximum Gasteiger partial charge on any atom is 0.222 e. The van der Waals surface area contributed by atoms with Crippen LogP contribution in [0.2, 0.25) is 0 Å². The van der Waals surface area contributed by atoms with Crippen LogP contribution in [0, 0.1) is 11.7 Å². The molecule has 23 heavy (non-hydrogen) atoms. The summed E-state index contributed by atoms with van der Waals surface area (Å²) in [6, 6.07) is 6.74. The largest absolute Gasteiger partial charge is 0.341 e. The highest BCUT2D eigenvalue weighted by Gasteiger charge is 2.23. The molecule has 3 rings (SSSR count). The van der Waals surface area contributed by atoms with E-state index in [-0.39, 0.29) is 5.82 Å². The first-order valence-corrected chi connectivity index (χ1v) is 8.95. The number of carbonyl (C=O) groups is 1. The minimum atomic E-state index is -0.187. The van der Waals surface area contributed by atoms with Crippen molar-refractivity contribution in [2.45, 2.75) is 45.1 Å². The summed E-state index contributed by atoms with van der Waals surface area (Å²) < 4.78 is 13.0. The van der Waals surface area contributed by atoms with Crippen LogP contribution in [0.1, 0.15) is 44.1 Å². The van der Waals surface area contributed by atoms with Crippen LogP contribution < -0.4 is 0 Å². The van der Waals surface area contributed by atoms with Gasteiger partial charge in [0.15, 0.2) is 0 Å².